The van der Waals surface area contributed by atoms with Gasteiger partial charge in [0.15, 0.2) is 0 Å². The van der Waals surface area contributed by atoms with Gasteiger partial charge in [0.25, 0.3) is 0 Å². The smallest absolute Gasteiger partial charge is 0.315 e. The molecule has 2 unspecified atom stereocenters. The number of aliphatic carboxylic acids is 1. The first-order chi connectivity index (χ1) is 9.43. The topological polar surface area (TPSA) is 43.8 Å². The monoisotopic (exact) mass is 276 g/mol. The summed E-state index contributed by atoms with van der Waals surface area (Å²) in [7, 11) is 2.12. The van der Waals surface area contributed by atoms with E-state index in [1.54, 1.807) is 0 Å². The van der Waals surface area contributed by atoms with Crippen molar-refractivity contribution < 1.29 is 9.90 Å². The van der Waals surface area contributed by atoms with E-state index in [-0.39, 0.29) is 0 Å². The number of benzene rings is 1. The number of hydrogen-bond acceptors (Lipinski definition) is 3. The van der Waals surface area contributed by atoms with Gasteiger partial charge in [0.05, 0.1) is 0 Å². The molecule has 4 nitrogen and oxygen atoms in total. The van der Waals surface area contributed by atoms with Gasteiger partial charge in [0.1, 0.15) is 5.41 Å². The highest BCUT2D eigenvalue weighted by Crippen LogP contribution is 2.26. The molecule has 1 aromatic carbocycles. The second-order valence-electron chi connectivity index (χ2n) is 6.07. The molecule has 0 saturated carbocycles. The number of nitrogens with zero attached hydrogens (tertiary/aromatic N) is 2. The predicted molar refractivity (Wildman–Crippen MR) is 80.0 cm³/mol. The van der Waals surface area contributed by atoms with Gasteiger partial charge in [-0.3, -0.25) is 9.69 Å². The molecule has 1 saturated heterocycles. The van der Waals surface area contributed by atoms with Gasteiger partial charge in [-0.15, -0.1) is 0 Å². The minimum atomic E-state index is -0.850. The highest BCUT2D eigenvalue weighted by Gasteiger charge is 2.38. The van der Waals surface area contributed by atoms with Crippen molar-refractivity contribution in [3.63, 3.8) is 0 Å². The van der Waals surface area contributed by atoms with Crippen molar-refractivity contribution in [2.24, 2.45) is 0 Å². The van der Waals surface area contributed by atoms with Crippen molar-refractivity contribution in [3.05, 3.63) is 35.9 Å². The molecule has 0 bridgehead atoms. The Bertz CT molecular complexity index is 463. The first kappa shape index (κ1) is 15.0. The van der Waals surface area contributed by atoms with Crippen LogP contribution in [0, 0.1) is 0 Å². The number of carboxylic acid groups (broad SMARTS) is 1. The second kappa shape index (κ2) is 5.94. The number of carboxylic acids is 1. The standard InChI is InChI=1S/C16H24N2O2/c1-13-11-18(10-9-17(13)3)12-16(2,15(19)20)14-7-5-4-6-8-14/h4-8,13H,9-12H2,1-3H3,(H,19,20). The van der Waals surface area contributed by atoms with Crippen LogP contribution in [-0.2, 0) is 10.2 Å². The molecule has 1 N–H and O–H groups in total. The maximum Gasteiger partial charge on any atom is 0.315 e. The summed E-state index contributed by atoms with van der Waals surface area (Å²) in [5.41, 5.74) is 0.0238. The van der Waals surface area contributed by atoms with E-state index in [1.807, 2.05) is 37.3 Å². The van der Waals surface area contributed by atoms with Crippen LogP contribution < -0.4 is 0 Å². The van der Waals surface area contributed by atoms with Crippen LogP contribution in [0.25, 0.3) is 0 Å². The zero-order valence-electron chi connectivity index (χ0n) is 12.5. The number of carbonyl (C=O) groups is 1. The fourth-order valence-electron chi connectivity index (χ4n) is 2.80. The summed E-state index contributed by atoms with van der Waals surface area (Å²) in [5, 5.41) is 9.70. The lowest BCUT2D eigenvalue weighted by Gasteiger charge is -2.41. The fourth-order valence-corrected chi connectivity index (χ4v) is 2.80. The molecule has 1 aliphatic rings. The molecule has 1 fully saturated rings. The van der Waals surface area contributed by atoms with Gasteiger partial charge < -0.3 is 10.0 Å². The van der Waals surface area contributed by atoms with E-state index in [9.17, 15) is 9.90 Å². The van der Waals surface area contributed by atoms with Crippen LogP contribution in [0.15, 0.2) is 30.3 Å². The highest BCUT2D eigenvalue weighted by molar-refractivity contribution is 5.81. The minimum absolute atomic E-state index is 0.470. The van der Waals surface area contributed by atoms with E-state index in [0.717, 1.165) is 25.2 Å². The first-order valence-corrected chi connectivity index (χ1v) is 7.15. The number of piperazine rings is 1. The van der Waals surface area contributed by atoms with Crippen molar-refractivity contribution in [1.29, 1.82) is 0 Å². The molecule has 20 heavy (non-hydrogen) atoms. The van der Waals surface area contributed by atoms with Crippen LogP contribution in [-0.4, -0.2) is 60.1 Å². The summed E-state index contributed by atoms with van der Waals surface area (Å²) in [5.74, 6) is -0.754. The minimum Gasteiger partial charge on any atom is -0.481 e. The Morgan fingerprint density at radius 1 is 1.35 bits per heavy atom. The number of likely N-dealkylation sites (N-methyl/N-ethyl adjacent to an activating group) is 1. The number of hydrogen-bond donors (Lipinski definition) is 1. The molecule has 0 aromatic heterocycles. The average Bonchev–Trinajstić information content (AvgIpc) is 2.43. The molecule has 0 radical (unpaired) electrons. The zero-order chi connectivity index (χ0) is 14.8. The Morgan fingerprint density at radius 3 is 2.55 bits per heavy atom. The zero-order valence-corrected chi connectivity index (χ0v) is 12.5. The van der Waals surface area contributed by atoms with E-state index in [1.165, 1.54) is 0 Å². The largest absolute Gasteiger partial charge is 0.481 e. The Labute approximate surface area is 121 Å². The van der Waals surface area contributed by atoms with Crippen LogP contribution in [0.5, 0.6) is 0 Å². The molecule has 0 aliphatic carbocycles. The van der Waals surface area contributed by atoms with Gasteiger partial charge >= 0.3 is 5.97 Å². The normalized spacial score (nSPS) is 24.2. The third-order valence-corrected chi connectivity index (χ3v) is 4.47. The van der Waals surface area contributed by atoms with Crippen LogP contribution in [0.1, 0.15) is 19.4 Å². The van der Waals surface area contributed by atoms with Crippen LogP contribution in [0.4, 0.5) is 0 Å². The van der Waals surface area contributed by atoms with Crippen LogP contribution >= 0.6 is 0 Å². The molecule has 110 valence electrons. The lowest BCUT2D eigenvalue weighted by Crippen LogP contribution is -2.54. The molecule has 1 heterocycles. The van der Waals surface area contributed by atoms with Gasteiger partial charge in [-0.1, -0.05) is 30.3 Å². The summed E-state index contributed by atoms with van der Waals surface area (Å²) < 4.78 is 0. The molecular weight excluding hydrogens is 252 g/mol. The maximum atomic E-state index is 11.8. The van der Waals surface area contributed by atoms with Crippen LogP contribution in [0.3, 0.4) is 0 Å². The quantitative estimate of drug-likeness (QED) is 0.908. The molecular formula is C16H24N2O2. The summed E-state index contributed by atoms with van der Waals surface area (Å²) in [6.07, 6.45) is 0. The van der Waals surface area contributed by atoms with E-state index >= 15 is 0 Å². The van der Waals surface area contributed by atoms with Crippen LogP contribution in [0.2, 0.25) is 0 Å². The van der Waals surface area contributed by atoms with E-state index < -0.39 is 11.4 Å². The van der Waals surface area contributed by atoms with Crippen molar-refractivity contribution in [3.8, 4) is 0 Å². The highest BCUT2D eigenvalue weighted by atomic mass is 16.4. The molecule has 0 amide bonds. The van der Waals surface area contributed by atoms with E-state index in [4.69, 9.17) is 0 Å². The fraction of sp³-hybridized carbons (Fsp3) is 0.562. The van der Waals surface area contributed by atoms with Gasteiger partial charge in [-0.2, -0.15) is 0 Å². The van der Waals surface area contributed by atoms with Gasteiger partial charge in [-0.05, 0) is 26.5 Å². The SMILES string of the molecule is CC1CN(CC(C)(C(=O)O)c2ccccc2)CCN1C. The average molecular weight is 276 g/mol. The lowest BCUT2D eigenvalue weighted by atomic mass is 9.81. The van der Waals surface area contributed by atoms with Gasteiger partial charge in [0, 0.05) is 32.2 Å². The van der Waals surface area contributed by atoms with Crippen molar-refractivity contribution in [2.45, 2.75) is 25.3 Å². The maximum absolute atomic E-state index is 11.8. The Balaban J connectivity index is 2.16. The van der Waals surface area contributed by atoms with Gasteiger partial charge in [-0.25, -0.2) is 0 Å². The lowest BCUT2D eigenvalue weighted by molar-refractivity contribution is -0.144. The molecule has 1 aliphatic heterocycles. The summed E-state index contributed by atoms with van der Waals surface area (Å²) in [6, 6.07) is 10.0. The third kappa shape index (κ3) is 3.02. The third-order valence-electron chi connectivity index (χ3n) is 4.47. The Hall–Kier alpha value is -1.39. The Kier molecular flexibility index (Phi) is 4.45. The predicted octanol–water partition coefficient (Wildman–Crippen LogP) is 1.66. The second-order valence-corrected chi connectivity index (χ2v) is 6.07. The molecule has 2 rings (SSSR count). The van der Waals surface area contributed by atoms with E-state index in [0.29, 0.717) is 12.6 Å². The van der Waals surface area contributed by atoms with Gasteiger partial charge in [0.2, 0.25) is 0 Å². The van der Waals surface area contributed by atoms with Crippen molar-refractivity contribution in [2.75, 3.05) is 33.2 Å². The molecule has 1 aromatic rings. The first-order valence-electron chi connectivity index (χ1n) is 7.15. The Morgan fingerprint density at radius 2 is 2.00 bits per heavy atom. The summed E-state index contributed by atoms with van der Waals surface area (Å²) in [4.78, 5) is 16.4. The van der Waals surface area contributed by atoms with Crippen molar-refractivity contribution in [1.82, 2.24) is 9.80 Å². The summed E-state index contributed by atoms with van der Waals surface area (Å²) >= 11 is 0. The molecule has 2 atom stereocenters. The number of rotatable bonds is 4. The van der Waals surface area contributed by atoms with E-state index in [2.05, 4.69) is 23.8 Å². The van der Waals surface area contributed by atoms with Crippen molar-refractivity contribution >= 4 is 5.97 Å². The molecule has 0 spiro atoms. The summed E-state index contributed by atoms with van der Waals surface area (Å²) in [6.45, 7) is 7.42. The molecule has 4 heteroatoms.